The van der Waals surface area contributed by atoms with Crippen LogP contribution in [0.25, 0.3) is 0 Å². The molecule has 1 aromatic heterocycles. The standard InChI is InChI=1S/C13H17N3O2S/c1-9-16(4-5-19-9)13(18)7-15-8-14-11(6-12(15)17)10-2-3-10/h6,8-10H,2-5,7H2,1H3. The molecule has 1 saturated heterocycles. The minimum atomic E-state index is -0.121. The second-order valence-corrected chi connectivity index (χ2v) is 6.54. The van der Waals surface area contributed by atoms with Crippen LogP contribution in [0.15, 0.2) is 17.2 Å². The van der Waals surface area contributed by atoms with Gasteiger partial charge in [-0.25, -0.2) is 4.98 Å². The number of thioether (sulfide) groups is 1. The van der Waals surface area contributed by atoms with Gasteiger partial charge in [-0.15, -0.1) is 11.8 Å². The highest BCUT2D eigenvalue weighted by molar-refractivity contribution is 8.00. The van der Waals surface area contributed by atoms with Gasteiger partial charge in [0.15, 0.2) is 0 Å². The van der Waals surface area contributed by atoms with Crippen LogP contribution >= 0.6 is 11.8 Å². The van der Waals surface area contributed by atoms with Crippen LogP contribution in [0.5, 0.6) is 0 Å². The van der Waals surface area contributed by atoms with Gasteiger partial charge < -0.3 is 4.90 Å². The Morgan fingerprint density at radius 2 is 2.32 bits per heavy atom. The van der Waals surface area contributed by atoms with Crippen LogP contribution in [0.3, 0.4) is 0 Å². The van der Waals surface area contributed by atoms with E-state index in [-0.39, 0.29) is 23.4 Å². The molecule has 1 atom stereocenters. The van der Waals surface area contributed by atoms with E-state index in [1.54, 1.807) is 17.8 Å². The summed E-state index contributed by atoms with van der Waals surface area (Å²) in [5, 5.41) is 0.210. The molecule has 2 heterocycles. The second kappa shape index (κ2) is 5.00. The topological polar surface area (TPSA) is 55.2 Å². The summed E-state index contributed by atoms with van der Waals surface area (Å²) in [7, 11) is 0. The summed E-state index contributed by atoms with van der Waals surface area (Å²) in [5.74, 6) is 1.44. The Kier molecular flexibility index (Phi) is 3.35. The van der Waals surface area contributed by atoms with Crippen LogP contribution in [0.4, 0.5) is 0 Å². The van der Waals surface area contributed by atoms with Gasteiger partial charge in [-0.1, -0.05) is 0 Å². The molecule has 1 aliphatic heterocycles. The van der Waals surface area contributed by atoms with E-state index in [0.29, 0.717) is 5.92 Å². The van der Waals surface area contributed by atoms with E-state index < -0.39 is 0 Å². The number of rotatable bonds is 3. The van der Waals surface area contributed by atoms with Crippen molar-refractivity contribution in [1.82, 2.24) is 14.5 Å². The summed E-state index contributed by atoms with van der Waals surface area (Å²) in [5.41, 5.74) is 0.753. The summed E-state index contributed by atoms with van der Waals surface area (Å²) < 4.78 is 1.41. The van der Waals surface area contributed by atoms with Crippen molar-refractivity contribution in [2.45, 2.75) is 37.6 Å². The Labute approximate surface area is 116 Å². The fraction of sp³-hybridized carbons (Fsp3) is 0.615. The van der Waals surface area contributed by atoms with Crippen molar-refractivity contribution in [1.29, 1.82) is 0 Å². The molecule has 0 radical (unpaired) electrons. The molecule has 5 nitrogen and oxygen atoms in total. The number of hydrogen-bond acceptors (Lipinski definition) is 4. The van der Waals surface area contributed by atoms with E-state index in [1.165, 1.54) is 10.9 Å². The second-order valence-electron chi connectivity index (χ2n) is 5.11. The minimum Gasteiger partial charge on any atom is -0.329 e. The summed E-state index contributed by atoms with van der Waals surface area (Å²) in [6.45, 7) is 2.89. The van der Waals surface area contributed by atoms with Crippen LogP contribution in [-0.4, -0.2) is 38.0 Å². The number of hydrogen-bond donors (Lipinski definition) is 0. The van der Waals surface area contributed by atoms with Gasteiger partial charge in [-0.2, -0.15) is 0 Å². The third-order valence-electron chi connectivity index (χ3n) is 3.65. The largest absolute Gasteiger partial charge is 0.329 e. The van der Waals surface area contributed by atoms with Gasteiger partial charge in [-0.05, 0) is 19.8 Å². The molecular weight excluding hydrogens is 262 g/mol. The van der Waals surface area contributed by atoms with Crippen molar-refractivity contribution in [3.05, 3.63) is 28.4 Å². The zero-order valence-electron chi connectivity index (χ0n) is 10.9. The van der Waals surface area contributed by atoms with E-state index >= 15 is 0 Å². The zero-order chi connectivity index (χ0) is 13.4. The zero-order valence-corrected chi connectivity index (χ0v) is 11.7. The van der Waals surface area contributed by atoms with Gasteiger partial charge in [-0.3, -0.25) is 14.2 Å². The Balaban J connectivity index is 1.72. The summed E-state index contributed by atoms with van der Waals surface area (Å²) >= 11 is 1.77. The molecule has 0 aromatic carbocycles. The van der Waals surface area contributed by atoms with E-state index in [1.807, 2.05) is 11.8 Å². The van der Waals surface area contributed by atoms with Crippen molar-refractivity contribution < 1.29 is 4.79 Å². The Morgan fingerprint density at radius 1 is 1.53 bits per heavy atom. The van der Waals surface area contributed by atoms with E-state index in [4.69, 9.17) is 0 Å². The number of amides is 1. The third kappa shape index (κ3) is 2.68. The summed E-state index contributed by atoms with van der Waals surface area (Å²) in [4.78, 5) is 30.2. The SMILES string of the molecule is CC1SCCN1C(=O)Cn1cnc(C2CC2)cc1=O. The predicted octanol–water partition coefficient (Wildman–Crippen LogP) is 1.04. The Morgan fingerprint density at radius 3 is 2.89 bits per heavy atom. The molecule has 102 valence electrons. The molecule has 0 spiro atoms. The van der Waals surface area contributed by atoms with E-state index in [2.05, 4.69) is 4.98 Å². The maximum atomic E-state index is 12.1. The summed E-state index contributed by atoms with van der Waals surface area (Å²) in [6.07, 6.45) is 3.76. The number of nitrogens with zero attached hydrogens (tertiary/aromatic N) is 3. The average molecular weight is 279 g/mol. The van der Waals surface area contributed by atoms with Crippen molar-refractivity contribution in [3.8, 4) is 0 Å². The van der Waals surface area contributed by atoms with Gasteiger partial charge in [0.2, 0.25) is 5.91 Å². The Hall–Kier alpha value is -1.30. The highest BCUT2D eigenvalue weighted by Gasteiger charge is 2.27. The van der Waals surface area contributed by atoms with Crippen LogP contribution < -0.4 is 5.56 Å². The van der Waals surface area contributed by atoms with E-state index in [0.717, 1.165) is 30.8 Å². The molecule has 6 heteroatoms. The van der Waals surface area contributed by atoms with Crippen molar-refractivity contribution in [2.75, 3.05) is 12.3 Å². The lowest BCUT2D eigenvalue weighted by Gasteiger charge is -2.20. The first kappa shape index (κ1) is 12.7. The molecular formula is C13H17N3O2S. The molecule has 1 saturated carbocycles. The molecule has 1 aromatic rings. The maximum Gasteiger partial charge on any atom is 0.254 e. The predicted molar refractivity (Wildman–Crippen MR) is 74.1 cm³/mol. The molecule has 2 aliphatic rings. The highest BCUT2D eigenvalue weighted by Crippen LogP contribution is 2.38. The molecule has 2 fully saturated rings. The summed E-state index contributed by atoms with van der Waals surface area (Å²) in [6, 6.07) is 1.58. The average Bonchev–Trinajstić information content (AvgIpc) is 3.14. The van der Waals surface area contributed by atoms with Crippen molar-refractivity contribution >= 4 is 17.7 Å². The molecule has 1 aliphatic carbocycles. The fourth-order valence-corrected chi connectivity index (χ4v) is 3.36. The first-order valence-electron chi connectivity index (χ1n) is 6.62. The van der Waals surface area contributed by atoms with E-state index in [9.17, 15) is 9.59 Å². The van der Waals surface area contributed by atoms with Crippen LogP contribution in [-0.2, 0) is 11.3 Å². The quantitative estimate of drug-likeness (QED) is 0.829. The lowest BCUT2D eigenvalue weighted by molar-refractivity contribution is -0.131. The Bertz CT molecular complexity index is 553. The molecule has 1 amide bonds. The smallest absolute Gasteiger partial charge is 0.254 e. The molecule has 19 heavy (non-hydrogen) atoms. The van der Waals surface area contributed by atoms with Gasteiger partial charge >= 0.3 is 0 Å². The number of carbonyl (C=O) groups is 1. The molecule has 0 bridgehead atoms. The van der Waals surface area contributed by atoms with Crippen LogP contribution in [0, 0.1) is 0 Å². The van der Waals surface area contributed by atoms with Crippen LogP contribution in [0.2, 0.25) is 0 Å². The maximum absolute atomic E-state index is 12.1. The lowest BCUT2D eigenvalue weighted by Crippen LogP contribution is -2.38. The monoisotopic (exact) mass is 279 g/mol. The number of aromatic nitrogens is 2. The first-order valence-corrected chi connectivity index (χ1v) is 7.67. The normalized spacial score (nSPS) is 22.8. The molecule has 1 unspecified atom stereocenters. The van der Waals surface area contributed by atoms with Gasteiger partial charge in [0.25, 0.3) is 5.56 Å². The van der Waals surface area contributed by atoms with Crippen LogP contribution in [0.1, 0.15) is 31.4 Å². The van der Waals surface area contributed by atoms with Gasteiger partial charge in [0.05, 0.1) is 17.4 Å². The third-order valence-corrected chi connectivity index (χ3v) is 4.81. The fourth-order valence-electron chi connectivity index (χ4n) is 2.32. The molecule has 0 N–H and O–H groups in total. The molecule has 3 rings (SSSR count). The number of carbonyl (C=O) groups excluding carboxylic acids is 1. The van der Waals surface area contributed by atoms with Gasteiger partial charge in [0.1, 0.15) is 6.54 Å². The van der Waals surface area contributed by atoms with Gasteiger partial charge in [0, 0.05) is 24.3 Å². The van der Waals surface area contributed by atoms with Crippen molar-refractivity contribution in [2.24, 2.45) is 0 Å². The van der Waals surface area contributed by atoms with Crippen molar-refractivity contribution in [3.63, 3.8) is 0 Å². The highest BCUT2D eigenvalue weighted by atomic mass is 32.2. The minimum absolute atomic E-state index is 0.000530. The lowest BCUT2D eigenvalue weighted by atomic mass is 10.3. The first-order chi connectivity index (χ1) is 9.15.